The molecule has 88 valence electrons. The molecule has 1 N–H and O–H groups in total. The fraction of sp³-hybridized carbons (Fsp3) is 0.667. The third-order valence-corrected chi connectivity index (χ3v) is 3.29. The Kier molecular flexibility index (Phi) is 3.99. The summed E-state index contributed by atoms with van der Waals surface area (Å²) in [6, 6.07) is 1.77. The Hall–Kier alpha value is -0.830. The molecular weight excluding hydrogens is 222 g/mol. The van der Waals surface area contributed by atoms with Crippen LogP contribution in [-0.2, 0) is 0 Å². The molecular formula is C12H18ClN3. The minimum absolute atomic E-state index is 0.513. The van der Waals surface area contributed by atoms with Crippen molar-refractivity contribution in [3.05, 3.63) is 16.9 Å². The van der Waals surface area contributed by atoms with Crippen molar-refractivity contribution < 1.29 is 0 Å². The van der Waals surface area contributed by atoms with Gasteiger partial charge in [-0.25, -0.2) is 9.97 Å². The van der Waals surface area contributed by atoms with Crippen LogP contribution in [0.3, 0.4) is 0 Å². The second-order valence-corrected chi connectivity index (χ2v) is 4.93. The van der Waals surface area contributed by atoms with Gasteiger partial charge in [-0.05, 0) is 31.7 Å². The molecule has 4 heteroatoms. The van der Waals surface area contributed by atoms with Crippen LogP contribution in [-0.4, -0.2) is 16.5 Å². The third kappa shape index (κ3) is 3.34. The molecule has 0 aliphatic heterocycles. The zero-order valence-corrected chi connectivity index (χ0v) is 10.4. The number of halogens is 1. The van der Waals surface area contributed by atoms with Gasteiger partial charge in [-0.1, -0.05) is 30.9 Å². The lowest BCUT2D eigenvalue weighted by Crippen LogP contribution is -2.18. The van der Waals surface area contributed by atoms with Crippen molar-refractivity contribution in [1.82, 2.24) is 9.97 Å². The second kappa shape index (κ2) is 5.48. The molecule has 3 nitrogen and oxygen atoms in total. The normalized spacial score (nSPS) is 17.4. The maximum absolute atomic E-state index is 5.88. The van der Waals surface area contributed by atoms with Crippen LogP contribution in [0.4, 0.5) is 5.95 Å². The van der Waals surface area contributed by atoms with Gasteiger partial charge in [0.15, 0.2) is 0 Å². The lowest BCUT2D eigenvalue weighted by molar-refractivity contribution is 0.373. The number of nitrogens with zero attached hydrogens (tertiary/aromatic N) is 2. The average Bonchev–Trinajstić information content (AvgIpc) is 2.27. The van der Waals surface area contributed by atoms with Crippen LogP contribution in [0.1, 0.15) is 37.8 Å². The van der Waals surface area contributed by atoms with Gasteiger partial charge in [0.1, 0.15) is 5.15 Å². The van der Waals surface area contributed by atoms with E-state index in [1.807, 2.05) is 6.92 Å². The molecule has 0 saturated heterocycles. The first kappa shape index (κ1) is 11.6. The first-order valence-corrected chi connectivity index (χ1v) is 6.37. The number of rotatable bonds is 3. The molecule has 0 atom stereocenters. The fourth-order valence-electron chi connectivity index (χ4n) is 2.24. The standard InChI is InChI=1S/C12H18ClN3/c1-9-7-11(13)16-12(15-9)14-8-10-5-3-2-4-6-10/h7,10H,2-6,8H2,1H3,(H,14,15,16). The zero-order valence-electron chi connectivity index (χ0n) is 9.67. The Morgan fingerprint density at radius 1 is 1.31 bits per heavy atom. The molecule has 0 unspecified atom stereocenters. The van der Waals surface area contributed by atoms with Gasteiger partial charge >= 0.3 is 0 Å². The summed E-state index contributed by atoms with van der Waals surface area (Å²) in [4.78, 5) is 8.47. The second-order valence-electron chi connectivity index (χ2n) is 4.54. The van der Waals surface area contributed by atoms with Crippen molar-refractivity contribution >= 4 is 17.5 Å². The summed E-state index contributed by atoms with van der Waals surface area (Å²) in [5, 5.41) is 3.80. The first-order valence-electron chi connectivity index (χ1n) is 5.99. The van der Waals surface area contributed by atoms with Crippen molar-refractivity contribution in [3.63, 3.8) is 0 Å². The van der Waals surface area contributed by atoms with E-state index in [2.05, 4.69) is 15.3 Å². The summed E-state index contributed by atoms with van der Waals surface area (Å²) in [6.45, 7) is 2.90. The van der Waals surface area contributed by atoms with Crippen LogP contribution in [0.25, 0.3) is 0 Å². The van der Waals surface area contributed by atoms with Gasteiger partial charge in [-0.15, -0.1) is 0 Å². The van der Waals surface area contributed by atoms with Gasteiger partial charge in [-0.3, -0.25) is 0 Å². The van der Waals surface area contributed by atoms with Gasteiger partial charge in [0, 0.05) is 12.2 Å². The largest absolute Gasteiger partial charge is 0.354 e. The third-order valence-electron chi connectivity index (χ3n) is 3.10. The molecule has 1 fully saturated rings. The van der Waals surface area contributed by atoms with Crippen molar-refractivity contribution in [3.8, 4) is 0 Å². The Bertz CT molecular complexity index is 328. The summed E-state index contributed by atoms with van der Waals surface area (Å²) in [7, 11) is 0. The van der Waals surface area contributed by atoms with E-state index in [0.717, 1.165) is 18.2 Å². The van der Waals surface area contributed by atoms with Crippen LogP contribution in [0.15, 0.2) is 6.07 Å². The Labute approximate surface area is 102 Å². The summed E-state index contributed by atoms with van der Waals surface area (Å²) in [5.74, 6) is 1.44. The maximum atomic E-state index is 5.88. The molecule has 0 radical (unpaired) electrons. The highest BCUT2D eigenvalue weighted by molar-refractivity contribution is 6.29. The molecule has 0 aromatic carbocycles. The lowest BCUT2D eigenvalue weighted by atomic mass is 9.89. The minimum Gasteiger partial charge on any atom is -0.354 e. The van der Waals surface area contributed by atoms with Gasteiger partial charge in [0.25, 0.3) is 0 Å². The smallest absolute Gasteiger partial charge is 0.224 e. The number of aromatic nitrogens is 2. The fourth-order valence-corrected chi connectivity index (χ4v) is 2.47. The van der Waals surface area contributed by atoms with E-state index >= 15 is 0 Å². The molecule has 2 rings (SSSR count). The SMILES string of the molecule is Cc1cc(Cl)nc(NCC2CCCCC2)n1. The number of hydrogen-bond acceptors (Lipinski definition) is 3. The highest BCUT2D eigenvalue weighted by Gasteiger charge is 2.13. The van der Waals surface area contributed by atoms with Gasteiger partial charge in [0.2, 0.25) is 5.95 Å². The molecule has 1 aliphatic rings. The molecule has 0 spiro atoms. The highest BCUT2D eigenvalue weighted by atomic mass is 35.5. The molecule has 1 saturated carbocycles. The number of nitrogens with one attached hydrogen (secondary N) is 1. The average molecular weight is 240 g/mol. The molecule has 1 aromatic rings. The van der Waals surface area contributed by atoms with E-state index in [9.17, 15) is 0 Å². The maximum Gasteiger partial charge on any atom is 0.224 e. The number of anilines is 1. The topological polar surface area (TPSA) is 37.8 Å². The van der Waals surface area contributed by atoms with E-state index in [1.165, 1.54) is 32.1 Å². The van der Waals surface area contributed by atoms with Gasteiger partial charge in [-0.2, -0.15) is 0 Å². The van der Waals surface area contributed by atoms with Crippen LogP contribution < -0.4 is 5.32 Å². The summed E-state index contributed by atoms with van der Waals surface area (Å²) in [5.41, 5.74) is 0.908. The lowest BCUT2D eigenvalue weighted by Gasteiger charge is -2.21. The Morgan fingerprint density at radius 3 is 2.75 bits per heavy atom. The molecule has 0 bridgehead atoms. The summed E-state index contributed by atoms with van der Waals surface area (Å²) in [6.07, 6.45) is 6.77. The van der Waals surface area contributed by atoms with Crippen LogP contribution in [0.2, 0.25) is 5.15 Å². The number of aryl methyl sites for hydroxylation is 1. The van der Waals surface area contributed by atoms with Crippen LogP contribution in [0, 0.1) is 12.8 Å². The van der Waals surface area contributed by atoms with E-state index in [0.29, 0.717) is 11.1 Å². The predicted molar refractivity (Wildman–Crippen MR) is 66.8 cm³/mol. The molecule has 1 aromatic heterocycles. The minimum atomic E-state index is 0.513. The molecule has 1 heterocycles. The Balaban J connectivity index is 1.88. The quantitative estimate of drug-likeness (QED) is 0.822. The van der Waals surface area contributed by atoms with Crippen molar-refractivity contribution in [2.45, 2.75) is 39.0 Å². The van der Waals surface area contributed by atoms with Crippen LogP contribution in [0.5, 0.6) is 0 Å². The summed E-state index contributed by atoms with van der Waals surface area (Å²) >= 11 is 5.88. The van der Waals surface area contributed by atoms with Crippen molar-refractivity contribution in [2.75, 3.05) is 11.9 Å². The van der Waals surface area contributed by atoms with E-state index in [4.69, 9.17) is 11.6 Å². The zero-order chi connectivity index (χ0) is 11.4. The van der Waals surface area contributed by atoms with Crippen molar-refractivity contribution in [2.24, 2.45) is 5.92 Å². The van der Waals surface area contributed by atoms with E-state index in [-0.39, 0.29) is 0 Å². The predicted octanol–water partition coefficient (Wildman–Crippen LogP) is 3.43. The molecule has 16 heavy (non-hydrogen) atoms. The van der Waals surface area contributed by atoms with Crippen molar-refractivity contribution in [1.29, 1.82) is 0 Å². The summed E-state index contributed by atoms with van der Waals surface area (Å²) < 4.78 is 0. The molecule has 0 amide bonds. The van der Waals surface area contributed by atoms with E-state index < -0.39 is 0 Å². The first-order chi connectivity index (χ1) is 7.74. The molecule has 1 aliphatic carbocycles. The van der Waals surface area contributed by atoms with Crippen LogP contribution >= 0.6 is 11.6 Å². The highest BCUT2D eigenvalue weighted by Crippen LogP contribution is 2.23. The van der Waals surface area contributed by atoms with E-state index in [1.54, 1.807) is 6.07 Å². The number of hydrogen-bond donors (Lipinski definition) is 1. The Morgan fingerprint density at radius 2 is 2.06 bits per heavy atom. The van der Waals surface area contributed by atoms with Gasteiger partial charge < -0.3 is 5.32 Å². The monoisotopic (exact) mass is 239 g/mol. The van der Waals surface area contributed by atoms with Gasteiger partial charge in [0.05, 0.1) is 0 Å².